The lowest BCUT2D eigenvalue weighted by atomic mass is 9.89. The lowest BCUT2D eigenvalue weighted by Crippen LogP contribution is -2.30. The van der Waals surface area contributed by atoms with E-state index in [1.54, 1.807) is 19.2 Å². The van der Waals surface area contributed by atoms with Crippen LogP contribution in [0.15, 0.2) is 18.2 Å². The van der Waals surface area contributed by atoms with Gasteiger partial charge in [0.1, 0.15) is 0 Å². The van der Waals surface area contributed by atoms with E-state index in [4.69, 9.17) is 16.3 Å². The van der Waals surface area contributed by atoms with E-state index in [1.807, 2.05) is 0 Å². The SMILES string of the molecule is COCCC(C)(C)CNCc1c(Cl)cccc1[N+](=O)[O-]. The first-order valence-corrected chi connectivity index (χ1v) is 6.86. The van der Waals surface area contributed by atoms with E-state index in [0.717, 1.165) is 13.0 Å². The molecule has 0 aliphatic carbocycles. The number of benzene rings is 1. The molecule has 0 atom stereocenters. The minimum Gasteiger partial charge on any atom is -0.385 e. The van der Waals surface area contributed by atoms with Crippen molar-refractivity contribution in [3.8, 4) is 0 Å². The normalized spacial score (nSPS) is 11.6. The molecule has 112 valence electrons. The maximum Gasteiger partial charge on any atom is 0.275 e. The first-order valence-electron chi connectivity index (χ1n) is 6.49. The number of hydrogen-bond donors (Lipinski definition) is 1. The standard InChI is InChI=1S/C14H21ClN2O3/c1-14(2,7-8-20-3)10-16-9-11-12(15)5-4-6-13(11)17(18)19/h4-6,16H,7-10H2,1-3H3. The topological polar surface area (TPSA) is 64.4 Å². The van der Waals surface area contributed by atoms with Crippen LogP contribution < -0.4 is 5.32 Å². The molecule has 0 aliphatic rings. The van der Waals surface area contributed by atoms with Gasteiger partial charge >= 0.3 is 0 Å². The third kappa shape index (κ3) is 5.07. The van der Waals surface area contributed by atoms with Gasteiger partial charge in [0.15, 0.2) is 0 Å². The van der Waals surface area contributed by atoms with Crippen LogP contribution in [-0.2, 0) is 11.3 Å². The summed E-state index contributed by atoms with van der Waals surface area (Å²) >= 11 is 6.04. The molecule has 1 aromatic rings. The Balaban J connectivity index is 2.64. The maximum absolute atomic E-state index is 11.0. The Hall–Kier alpha value is -1.17. The van der Waals surface area contributed by atoms with Crippen LogP contribution in [0.3, 0.4) is 0 Å². The monoisotopic (exact) mass is 300 g/mol. The van der Waals surface area contributed by atoms with Crippen molar-refractivity contribution in [2.24, 2.45) is 5.41 Å². The van der Waals surface area contributed by atoms with Crippen LogP contribution in [0.5, 0.6) is 0 Å². The van der Waals surface area contributed by atoms with Crippen LogP contribution in [0.1, 0.15) is 25.8 Å². The van der Waals surface area contributed by atoms with Crippen molar-refractivity contribution in [2.75, 3.05) is 20.3 Å². The Labute approximate surface area is 124 Å². The molecule has 0 radical (unpaired) electrons. The molecule has 0 saturated carbocycles. The van der Waals surface area contributed by atoms with Gasteiger partial charge in [-0.1, -0.05) is 31.5 Å². The Morgan fingerprint density at radius 2 is 2.15 bits per heavy atom. The highest BCUT2D eigenvalue weighted by molar-refractivity contribution is 6.31. The second-order valence-corrected chi connectivity index (χ2v) is 5.91. The molecule has 0 fully saturated rings. The second-order valence-electron chi connectivity index (χ2n) is 5.51. The minimum absolute atomic E-state index is 0.0553. The number of hydrogen-bond acceptors (Lipinski definition) is 4. The third-order valence-corrected chi connectivity index (χ3v) is 3.53. The Morgan fingerprint density at radius 1 is 1.45 bits per heavy atom. The number of rotatable bonds is 8. The molecule has 1 rings (SSSR count). The Morgan fingerprint density at radius 3 is 2.75 bits per heavy atom. The smallest absolute Gasteiger partial charge is 0.275 e. The molecular weight excluding hydrogens is 280 g/mol. The van der Waals surface area contributed by atoms with Gasteiger partial charge in [-0.25, -0.2) is 0 Å². The molecule has 5 nitrogen and oxygen atoms in total. The summed E-state index contributed by atoms with van der Waals surface area (Å²) in [6.45, 7) is 6.06. The summed E-state index contributed by atoms with van der Waals surface area (Å²) in [5, 5.41) is 14.6. The van der Waals surface area contributed by atoms with Gasteiger partial charge in [0.25, 0.3) is 5.69 Å². The predicted octanol–water partition coefficient (Wildman–Crippen LogP) is 3.40. The molecule has 0 heterocycles. The molecule has 0 aliphatic heterocycles. The molecule has 0 saturated heterocycles. The number of nitrogens with one attached hydrogen (secondary N) is 1. The van der Waals surface area contributed by atoms with Crippen LogP contribution in [-0.4, -0.2) is 25.2 Å². The number of ether oxygens (including phenoxy) is 1. The zero-order valence-electron chi connectivity index (χ0n) is 12.1. The molecule has 0 aromatic heterocycles. The summed E-state index contributed by atoms with van der Waals surface area (Å²) < 4.78 is 5.07. The highest BCUT2D eigenvalue weighted by Gasteiger charge is 2.19. The quantitative estimate of drug-likeness (QED) is 0.590. The fourth-order valence-corrected chi connectivity index (χ4v) is 2.12. The summed E-state index contributed by atoms with van der Waals surface area (Å²) in [4.78, 5) is 10.6. The van der Waals surface area contributed by atoms with Crippen molar-refractivity contribution in [1.82, 2.24) is 5.32 Å². The summed E-state index contributed by atoms with van der Waals surface area (Å²) in [7, 11) is 1.68. The van der Waals surface area contributed by atoms with Crippen molar-refractivity contribution in [2.45, 2.75) is 26.8 Å². The van der Waals surface area contributed by atoms with Gasteiger partial charge in [-0.3, -0.25) is 10.1 Å². The van der Waals surface area contributed by atoms with Crippen LogP contribution in [0.2, 0.25) is 5.02 Å². The summed E-state index contributed by atoms with van der Waals surface area (Å²) in [5.41, 5.74) is 0.646. The van der Waals surface area contributed by atoms with Gasteiger partial charge < -0.3 is 10.1 Å². The average Bonchev–Trinajstić information content (AvgIpc) is 2.38. The van der Waals surface area contributed by atoms with Gasteiger partial charge in [0.05, 0.1) is 15.5 Å². The largest absolute Gasteiger partial charge is 0.385 e. The number of nitro benzene ring substituents is 1. The molecule has 1 aromatic carbocycles. The summed E-state index contributed by atoms with van der Waals surface area (Å²) in [5.74, 6) is 0. The molecule has 0 unspecified atom stereocenters. The number of methoxy groups -OCH3 is 1. The van der Waals surface area contributed by atoms with Gasteiger partial charge in [-0.15, -0.1) is 0 Å². The fourth-order valence-electron chi connectivity index (χ4n) is 1.89. The molecule has 0 amide bonds. The predicted molar refractivity (Wildman–Crippen MR) is 80.1 cm³/mol. The zero-order valence-corrected chi connectivity index (χ0v) is 12.9. The highest BCUT2D eigenvalue weighted by Crippen LogP contribution is 2.26. The van der Waals surface area contributed by atoms with Crippen LogP contribution in [0.4, 0.5) is 5.69 Å². The number of nitrogens with zero attached hydrogens (tertiary/aromatic N) is 1. The van der Waals surface area contributed by atoms with E-state index in [-0.39, 0.29) is 11.1 Å². The number of halogens is 1. The molecule has 1 N–H and O–H groups in total. The highest BCUT2D eigenvalue weighted by atomic mass is 35.5. The third-order valence-electron chi connectivity index (χ3n) is 3.18. The molecule has 0 bridgehead atoms. The van der Waals surface area contributed by atoms with Crippen molar-refractivity contribution >= 4 is 17.3 Å². The first kappa shape index (κ1) is 16.9. The Kier molecular flexibility index (Phi) is 6.39. The van der Waals surface area contributed by atoms with E-state index < -0.39 is 4.92 Å². The molecule has 0 spiro atoms. The van der Waals surface area contributed by atoms with Crippen molar-refractivity contribution in [1.29, 1.82) is 0 Å². The van der Waals surface area contributed by atoms with Crippen molar-refractivity contribution < 1.29 is 9.66 Å². The van der Waals surface area contributed by atoms with Crippen molar-refractivity contribution in [3.05, 3.63) is 38.9 Å². The molecule has 20 heavy (non-hydrogen) atoms. The van der Waals surface area contributed by atoms with Crippen LogP contribution in [0.25, 0.3) is 0 Å². The molecule has 6 heteroatoms. The van der Waals surface area contributed by atoms with Gasteiger partial charge in [-0.05, 0) is 17.9 Å². The maximum atomic E-state index is 11.0. The zero-order chi connectivity index (χ0) is 15.2. The fraction of sp³-hybridized carbons (Fsp3) is 0.571. The Bertz CT molecular complexity index is 464. The van der Waals surface area contributed by atoms with E-state index in [2.05, 4.69) is 19.2 Å². The lowest BCUT2D eigenvalue weighted by molar-refractivity contribution is -0.385. The summed E-state index contributed by atoms with van der Waals surface area (Å²) in [6.07, 6.45) is 0.918. The van der Waals surface area contributed by atoms with E-state index in [1.165, 1.54) is 6.07 Å². The molecular formula is C14H21ClN2O3. The second kappa shape index (κ2) is 7.57. The average molecular weight is 301 g/mol. The van der Waals surface area contributed by atoms with E-state index in [0.29, 0.717) is 23.7 Å². The minimum atomic E-state index is -0.404. The number of nitro groups is 1. The summed E-state index contributed by atoms with van der Waals surface area (Å²) in [6, 6.07) is 4.73. The van der Waals surface area contributed by atoms with Crippen molar-refractivity contribution in [3.63, 3.8) is 0 Å². The van der Waals surface area contributed by atoms with Gasteiger partial charge in [0.2, 0.25) is 0 Å². The van der Waals surface area contributed by atoms with E-state index in [9.17, 15) is 10.1 Å². The van der Waals surface area contributed by atoms with Gasteiger partial charge in [-0.2, -0.15) is 0 Å². The lowest BCUT2D eigenvalue weighted by Gasteiger charge is -2.24. The first-order chi connectivity index (χ1) is 9.37. The van der Waals surface area contributed by atoms with E-state index >= 15 is 0 Å². The van der Waals surface area contributed by atoms with Gasteiger partial charge in [0, 0.05) is 32.9 Å². The van der Waals surface area contributed by atoms with Crippen LogP contribution >= 0.6 is 11.6 Å². The van der Waals surface area contributed by atoms with Crippen LogP contribution in [0, 0.1) is 15.5 Å².